The van der Waals surface area contributed by atoms with Gasteiger partial charge in [-0.1, -0.05) is 0 Å². The minimum atomic E-state index is 0.970. The molecule has 0 radical (unpaired) electrons. The van der Waals surface area contributed by atoms with Gasteiger partial charge in [-0.25, -0.2) is 4.98 Å². The maximum atomic E-state index is 4.33. The van der Waals surface area contributed by atoms with Crippen LogP contribution in [-0.4, -0.2) is 9.55 Å². The average molecular weight is 225 g/mol. The van der Waals surface area contributed by atoms with E-state index in [-0.39, 0.29) is 0 Å². The highest BCUT2D eigenvalue weighted by molar-refractivity contribution is 9.10. The van der Waals surface area contributed by atoms with Crippen LogP contribution in [0.4, 0.5) is 0 Å². The summed E-state index contributed by atoms with van der Waals surface area (Å²) in [7, 11) is 0. The number of aryl methyl sites for hydroxylation is 1. The first-order chi connectivity index (χ1) is 5.81. The molecule has 62 valence electrons. The first-order valence-corrected chi connectivity index (χ1v) is 4.71. The van der Waals surface area contributed by atoms with Crippen molar-refractivity contribution in [2.75, 3.05) is 0 Å². The van der Waals surface area contributed by atoms with Crippen molar-refractivity contribution in [1.82, 2.24) is 9.55 Å². The van der Waals surface area contributed by atoms with Crippen LogP contribution < -0.4 is 0 Å². The molecule has 0 N–H and O–H groups in total. The lowest BCUT2D eigenvalue weighted by Gasteiger charge is -1.98. The number of halogens is 1. The van der Waals surface area contributed by atoms with Crippen molar-refractivity contribution in [3.63, 3.8) is 0 Å². The Morgan fingerprint density at radius 3 is 3.17 bits per heavy atom. The molecule has 2 rings (SSSR count). The fourth-order valence-electron chi connectivity index (χ4n) is 1.31. The topological polar surface area (TPSA) is 17.8 Å². The van der Waals surface area contributed by atoms with Gasteiger partial charge in [0.15, 0.2) is 0 Å². The smallest absolute Gasteiger partial charge is 0.139 e. The molecule has 0 spiro atoms. The SMILES string of the molecule is CCn1ccc2cc(Br)cnc21. The molecule has 0 bridgehead atoms. The summed E-state index contributed by atoms with van der Waals surface area (Å²) in [6.07, 6.45) is 3.89. The molecule has 3 heteroatoms. The minimum absolute atomic E-state index is 0.970. The van der Waals surface area contributed by atoms with Gasteiger partial charge < -0.3 is 4.57 Å². The molecule has 0 fully saturated rings. The van der Waals surface area contributed by atoms with Gasteiger partial charge in [-0.2, -0.15) is 0 Å². The zero-order valence-electron chi connectivity index (χ0n) is 6.79. The molecule has 0 unspecified atom stereocenters. The zero-order chi connectivity index (χ0) is 8.55. The summed E-state index contributed by atoms with van der Waals surface area (Å²) >= 11 is 3.39. The highest BCUT2D eigenvalue weighted by Gasteiger charge is 1.99. The van der Waals surface area contributed by atoms with Crippen LogP contribution in [0.15, 0.2) is 29.0 Å². The number of rotatable bonds is 1. The third kappa shape index (κ3) is 1.14. The summed E-state index contributed by atoms with van der Waals surface area (Å²) in [5.41, 5.74) is 1.06. The van der Waals surface area contributed by atoms with Crippen LogP contribution >= 0.6 is 15.9 Å². The van der Waals surface area contributed by atoms with Crippen LogP contribution in [-0.2, 0) is 6.54 Å². The predicted molar refractivity (Wildman–Crippen MR) is 53.1 cm³/mol. The van der Waals surface area contributed by atoms with E-state index in [4.69, 9.17) is 0 Å². The molecule has 2 heterocycles. The number of hydrogen-bond donors (Lipinski definition) is 0. The molecule has 0 aliphatic carbocycles. The molecule has 0 aliphatic rings. The van der Waals surface area contributed by atoms with E-state index in [9.17, 15) is 0 Å². The Labute approximate surface area is 79.3 Å². The monoisotopic (exact) mass is 224 g/mol. The maximum absolute atomic E-state index is 4.33. The van der Waals surface area contributed by atoms with Gasteiger partial charge in [0.2, 0.25) is 0 Å². The van der Waals surface area contributed by atoms with Gasteiger partial charge in [-0.3, -0.25) is 0 Å². The summed E-state index contributed by atoms with van der Waals surface area (Å²) in [5.74, 6) is 0. The molecule has 12 heavy (non-hydrogen) atoms. The van der Waals surface area contributed by atoms with Crippen molar-refractivity contribution in [3.8, 4) is 0 Å². The van der Waals surface area contributed by atoms with E-state index in [0.29, 0.717) is 0 Å². The average Bonchev–Trinajstić information content (AvgIpc) is 2.46. The minimum Gasteiger partial charge on any atom is -0.333 e. The van der Waals surface area contributed by atoms with E-state index in [2.05, 4.69) is 50.7 Å². The Hall–Kier alpha value is -0.830. The quantitative estimate of drug-likeness (QED) is 0.729. The molecule has 2 aromatic heterocycles. The fraction of sp³-hybridized carbons (Fsp3) is 0.222. The second kappa shape index (κ2) is 2.90. The Morgan fingerprint density at radius 1 is 1.58 bits per heavy atom. The first-order valence-electron chi connectivity index (χ1n) is 3.91. The molecule has 0 saturated carbocycles. The molecule has 2 nitrogen and oxygen atoms in total. The molecule has 0 saturated heterocycles. The van der Waals surface area contributed by atoms with Crippen molar-refractivity contribution in [3.05, 3.63) is 29.0 Å². The maximum Gasteiger partial charge on any atom is 0.139 e. The van der Waals surface area contributed by atoms with E-state index in [0.717, 1.165) is 16.7 Å². The molecule has 0 aliphatic heterocycles. The lowest BCUT2D eigenvalue weighted by Crippen LogP contribution is -1.92. The number of hydrogen-bond acceptors (Lipinski definition) is 1. The lowest BCUT2D eigenvalue weighted by atomic mass is 10.3. The second-order valence-electron chi connectivity index (χ2n) is 2.67. The highest BCUT2D eigenvalue weighted by atomic mass is 79.9. The van der Waals surface area contributed by atoms with Crippen LogP contribution in [0.1, 0.15) is 6.92 Å². The van der Waals surface area contributed by atoms with Crippen molar-refractivity contribution >= 4 is 27.0 Å². The van der Waals surface area contributed by atoms with Gasteiger partial charge in [0.05, 0.1) is 0 Å². The van der Waals surface area contributed by atoms with Crippen molar-refractivity contribution in [2.45, 2.75) is 13.5 Å². The van der Waals surface area contributed by atoms with Crippen LogP contribution in [0, 0.1) is 0 Å². The molecule has 0 amide bonds. The fourth-order valence-corrected chi connectivity index (χ4v) is 1.66. The van der Waals surface area contributed by atoms with Gasteiger partial charge >= 0.3 is 0 Å². The van der Waals surface area contributed by atoms with Crippen LogP contribution in [0.3, 0.4) is 0 Å². The van der Waals surface area contributed by atoms with Gasteiger partial charge in [0.25, 0.3) is 0 Å². The first kappa shape index (κ1) is 7.80. The number of nitrogens with zero attached hydrogens (tertiary/aromatic N) is 2. The molecule has 0 atom stereocenters. The van der Waals surface area contributed by atoms with E-state index in [1.807, 2.05) is 6.20 Å². The Bertz CT molecular complexity index is 406. The molecule has 0 aromatic carbocycles. The van der Waals surface area contributed by atoms with E-state index in [1.54, 1.807) is 0 Å². The lowest BCUT2D eigenvalue weighted by molar-refractivity contribution is 0.787. The molecular weight excluding hydrogens is 216 g/mol. The standard InChI is InChI=1S/C9H9BrN2/c1-2-12-4-3-7-5-8(10)6-11-9(7)12/h3-6H,2H2,1H3. The third-order valence-corrected chi connectivity index (χ3v) is 2.34. The van der Waals surface area contributed by atoms with E-state index in [1.165, 1.54) is 5.39 Å². The van der Waals surface area contributed by atoms with Gasteiger partial charge in [0, 0.05) is 28.8 Å². The zero-order valence-corrected chi connectivity index (χ0v) is 8.37. The van der Waals surface area contributed by atoms with Gasteiger partial charge in [-0.15, -0.1) is 0 Å². The Morgan fingerprint density at radius 2 is 2.42 bits per heavy atom. The number of pyridine rings is 1. The molecule has 2 aromatic rings. The number of aromatic nitrogens is 2. The summed E-state index contributed by atoms with van der Waals surface area (Å²) in [4.78, 5) is 4.33. The van der Waals surface area contributed by atoms with Gasteiger partial charge in [0.1, 0.15) is 5.65 Å². The van der Waals surface area contributed by atoms with Crippen molar-refractivity contribution in [2.24, 2.45) is 0 Å². The second-order valence-corrected chi connectivity index (χ2v) is 3.58. The predicted octanol–water partition coefficient (Wildman–Crippen LogP) is 2.82. The summed E-state index contributed by atoms with van der Waals surface area (Å²) in [6, 6.07) is 4.16. The van der Waals surface area contributed by atoms with E-state index < -0.39 is 0 Å². The summed E-state index contributed by atoms with van der Waals surface area (Å²) in [6.45, 7) is 3.08. The Balaban J connectivity index is 2.73. The highest BCUT2D eigenvalue weighted by Crippen LogP contribution is 2.17. The van der Waals surface area contributed by atoms with Crippen LogP contribution in [0.5, 0.6) is 0 Å². The van der Waals surface area contributed by atoms with Crippen molar-refractivity contribution in [1.29, 1.82) is 0 Å². The van der Waals surface area contributed by atoms with Gasteiger partial charge in [-0.05, 0) is 35.0 Å². The molecular formula is C9H9BrN2. The van der Waals surface area contributed by atoms with E-state index >= 15 is 0 Å². The summed E-state index contributed by atoms with van der Waals surface area (Å²) in [5, 5.41) is 1.19. The normalized spacial score (nSPS) is 10.8. The summed E-state index contributed by atoms with van der Waals surface area (Å²) < 4.78 is 3.16. The third-order valence-electron chi connectivity index (χ3n) is 1.91. The Kier molecular flexibility index (Phi) is 1.89. The van der Waals surface area contributed by atoms with Crippen LogP contribution in [0.25, 0.3) is 11.0 Å². The largest absolute Gasteiger partial charge is 0.333 e. The number of fused-ring (bicyclic) bond motifs is 1. The van der Waals surface area contributed by atoms with Crippen LogP contribution in [0.2, 0.25) is 0 Å². The van der Waals surface area contributed by atoms with Crippen molar-refractivity contribution < 1.29 is 0 Å².